The molecule has 2 aromatic heterocycles. The molecule has 1 aliphatic heterocycles. The van der Waals surface area contributed by atoms with Crippen molar-refractivity contribution in [2.24, 2.45) is 0 Å². The molecule has 3 heterocycles. The molecular weight excluding hydrogens is 214 g/mol. The van der Waals surface area contributed by atoms with E-state index < -0.39 is 0 Å². The highest BCUT2D eigenvalue weighted by Gasteiger charge is 2.13. The van der Waals surface area contributed by atoms with Crippen LogP contribution in [0.3, 0.4) is 0 Å². The lowest BCUT2D eigenvalue weighted by molar-refractivity contribution is 0.635. The quantitative estimate of drug-likeness (QED) is 0.733. The van der Waals surface area contributed by atoms with Crippen LogP contribution in [0.25, 0.3) is 11.0 Å². The summed E-state index contributed by atoms with van der Waals surface area (Å²) in [6.07, 6.45) is 7.08. The number of rotatable bonds is 2. The zero-order valence-electron chi connectivity index (χ0n) is 9.74. The molecule has 0 amide bonds. The van der Waals surface area contributed by atoms with E-state index in [2.05, 4.69) is 25.6 Å². The van der Waals surface area contributed by atoms with E-state index >= 15 is 0 Å². The summed E-state index contributed by atoms with van der Waals surface area (Å²) in [5.41, 5.74) is 0.897. The van der Waals surface area contributed by atoms with Gasteiger partial charge >= 0.3 is 0 Å². The van der Waals surface area contributed by atoms with Crippen LogP contribution in [0.1, 0.15) is 19.3 Å². The molecule has 5 nitrogen and oxygen atoms in total. The van der Waals surface area contributed by atoms with Crippen LogP contribution in [0.15, 0.2) is 18.6 Å². The largest absolute Gasteiger partial charge is 0.367 e. The molecule has 0 bridgehead atoms. The summed E-state index contributed by atoms with van der Waals surface area (Å²) in [6, 6.07) is 2.53. The van der Waals surface area contributed by atoms with Crippen molar-refractivity contribution in [2.75, 3.05) is 18.4 Å². The topological polar surface area (TPSA) is 65.6 Å². The zero-order valence-corrected chi connectivity index (χ0v) is 9.74. The predicted octanol–water partition coefficient (Wildman–Crippen LogP) is 1.51. The van der Waals surface area contributed by atoms with Gasteiger partial charge in [-0.15, -0.1) is 0 Å². The van der Waals surface area contributed by atoms with E-state index in [1.807, 2.05) is 12.3 Å². The highest BCUT2D eigenvalue weighted by atomic mass is 15.1. The average molecular weight is 231 g/mol. The summed E-state index contributed by atoms with van der Waals surface area (Å²) < 4.78 is 0. The van der Waals surface area contributed by atoms with Gasteiger partial charge in [0, 0.05) is 12.2 Å². The van der Waals surface area contributed by atoms with Crippen LogP contribution in [-0.4, -0.2) is 34.1 Å². The van der Waals surface area contributed by atoms with Gasteiger partial charge in [-0.3, -0.25) is 0 Å². The van der Waals surface area contributed by atoms with E-state index in [1.54, 1.807) is 6.33 Å². The SMILES string of the molecule is c1nc(N[C@@H]2CCCNCC2)c2cc[nH]c2n1. The van der Waals surface area contributed by atoms with E-state index in [1.165, 1.54) is 12.8 Å². The van der Waals surface area contributed by atoms with Gasteiger partial charge in [0.2, 0.25) is 0 Å². The van der Waals surface area contributed by atoms with Crippen molar-refractivity contribution in [1.29, 1.82) is 0 Å². The average Bonchev–Trinajstić information content (AvgIpc) is 2.69. The molecule has 0 aliphatic carbocycles. The monoisotopic (exact) mass is 231 g/mol. The van der Waals surface area contributed by atoms with Crippen molar-refractivity contribution in [2.45, 2.75) is 25.3 Å². The Morgan fingerprint density at radius 3 is 3.24 bits per heavy atom. The summed E-state index contributed by atoms with van der Waals surface area (Å²) in [5.74, 6) is 0.947. The number of aromatic nitrogens is 3. The van der Waals surface area contributed by atoms with E-state index in [9.17, 15) is 0 Å². The van der Waals surface area contributed by atoms with Crippen LogP contribution >= 0.6 is 0 Å². The first kappa shape index (κ1) is 10.5. The van der Waals surface area contributed by atoms with Crippen LogP contribution in [0.5, 0.6) is 0 Å². The van der Waals surface area contributed by atoms with Gasteiger partial charge in [0.25, 0.3) is 0 Å². The summed E-state index contributed by atoms with van der Waals surface area (Å²) in [5, 5.41) is 8.03. The van der Waals surface area contributed by atoms with E-state index in [4.69, 9.17) is 0 Å². The Hall–Kier alpha value is -1.62. The van der Waals surface area contributed by atoms with Crippen LogP contribution in [0.2, 0.25) is 0 Å². The zero-order chi connectivity index (χ0) is 11.5. The Morgan fingerprint density at radius 1 is 1.24 bits per heavy atom. The van der Waals surface area contributed by atoms with Gasteiger partial charge in [-0.1, -0.05) is 0 Å². The molecule has 0 aromatic carbocycles. The maximum atomic E-state index is 4.34. The van der Waals surface area contributed by atoms with Gasteiger partial charge < -0.3 is 15.6 Å². The minimum atomic E-state index is 0.512. The molecule has 0 spiro atoms. The van der Waals surface area contributed by atoms with Gasteiger partial charge in [0.15, 0.2) is 0 Å². The van der Waals surface area contributed by atoms with Gasteiger partial charge in [-0.25, -0.2) is 9.97 Å². The number of nitrogens with zero attached hydrogens (tertiary/aromatic N) is 2. The third-order valence-electron chi connectivity index (χ3n) is 3.27. The molecule has 90 valence electrons. The number of nitrogens with one attached hydrogen (secondary N) is 3. The molecule has 5 heteroatoms. The molecular formula is C12H17N5. The molecule has 1 aliphatic rings. The minimum absolute atomic E-state index is 0.512. The van der Waals surface area contributed by atoms with Crippen molar-refractivity contribution in [1.82, 2.24) is 20.3 Å². The minimum Gasteiger partial charge on any atom is -0.367 e. The Balaban J connectivity index is 1.81. The molecule has 1 fully saturated rings. The molecule has 1 saturated heterocycles. The molecule has 1 atom stereocenters. The Morgan fingerprint density at radius 2 is 2.24 bits per heavy atom. The number of anilines is 1. The van der Waals surface area contributed by atoms with Crippen LogP contribution in [0, 0.1) is 0 Å². The Bertz CT molecular complexity index is 484. The fourth-order valence-electron chi connectivity index (χ4n) is 2.34. The summed E-state index contributed by atoms with van der Waals surface area (Å²) >= 11 is 0. The van der Waals surface area contributed by atoms with Gasteiger partial charge in [0.05, 0.1) is 5.39 Å². The fraction of sp³-hybridized carbons (Fsp3) is 0.500. The highest BCUT2D eigenvalue weighted by Crippen LogP contribution is 2.20. The van der Waals surface area contributed by atoms with E-state index in [-0.39, 0.29) is 0 Å². The summed E-state index contributed by atoms with van der Waals surface area (Å²) in [4.78, 5) is 11.6. The van der Waals surface area contributed by atoms with Gasteiger partial charge in [0.1, 0.15) is 17.8 Å². The lowest BCUT2D eigenvalue weighted by Crippen LogP contribution is -2.22. The lowest BCUT2D eigenvalue weighted by atomic mass is 10.1. The second kappa shape index (κ2) is 4.71. The van der Waals surface area contributed by atoms with Crippen molar-refractivity contribution >= 4 is 16.9 Å². The van der Waals surface area contributed by atoms with Crippen molar-refractivity contribution < 1.29 is 0 Å². The first-order valence-electron chi connectivity index (χ1n) is 6.19. The molecule has 2 aromatic rings. The number of aromatic amines is 1. The number of hydrogen-bond acceptors (Lipinski definition) is 4. The van der Waals surface area contributed by atoms with E-state index in [0.717, 1.165) is 36.4 Å². The lowest BCUT2D eigenvalue weighted by Gasteiger charge is -2.16. The fourth-order valence-corrected chi connectivity index (χ4v) is 2.34. The van der Waals surface area contributed by atoms with Crippen molar-refractivity contribution in [3.63, 3.8) is 0 Å². The van der Waals surface area contributed by atoms with Crippen LogP contribution in [-0.2, 0) is 0 Å². The first-order chi connectivity index (χ1) is 8.43. The molecule has 0 saturated carbocycles. The molecule has 3 rings (SSSR count). The first-order valence-corrected chi connectivity index (χ1v) is 6.19. The third kappa shape index (κ3) is 2.24. The molecule has 0 radical (unpaired) electrons. The summed E-state index contributed by atoms with van der Waals surface area (Å²) in [7, 11) is 0. The van der Waals surface area contributed by atoms with Gasteiger partial charge in [-0.2, -0.15) is 0 Å². The maximum absolute atomic E-state index is 4.34. The predicted molar refractivity (Wildman–Crippen MR) is 68.0 cm³/mol. The van der Waals surface area contributed by atoms with E-state index in [0.29, 0.717) is 6.04 Å². The standard InChI is InChI=1S/C12H17N5/c1-2-9(3-6-13-5-1)17-12-10-4-7-14-11(10)15-8-16-12/h4,7-9,13H,1-3,5-6H2,(H2,14,15,16,17)/t9-/m1/s1. The Labute approximate surface area is 100 Å². The van der Waals surface area contributed by atoms with Crippen molar-refractivity contribution in [3.8, 4) is 0 Å². The maximum Gasteiger partial charge on any atom is 0.142 e. The second-order valence-corrected chi connectivity index (χ2v) is 4.48. The van der Waals surface area contributed by atoms with Crippen molar-refractivity contribution in [3.05, 3.63) is 18.6 Å². The van der Waals surface area contributed by atoms with Gasteiger partial charge in [-0.05, 0) is 38.4 Å². The smallest absolute Gasteiger partial charge is 0.142 e. The number of H-pyrrole nitrogens is 1. The third-order valence-corrected chi connectivity index (χ3v) is 3.27. The van der Waals surface area contributed by atoms with Crippen LogP contribution < -0.4 is 10.6 Å². The highest BCUT2D eigenvalue weighted by molar-refractivity contribution is 5.86. The molecule has 3 N–H and O–H groups in total. The second-order valence-electron chi connectivity index (χ2n) is 4.48. The molecule has 0 unspecified atom stereocenters. The number of fused-ring (bicyclic) bond motifs is 1. The molecule has 17 heavy (non-hydrogen) atoms. The number of hydrogen-bond donors (Lipinski definition) is 3. The van der Waals surface area contributed by atoms with Crippen LogP contribution in [0.4, 0.5) is 5.82 Å². The Kier molecular flexibility index (Phi) is 2.92. The normalized spacial score (nSPS) is 21.3. The summed E-state index contributed by atoms with van der Waals surface area (Å²) in [6.45, 7) is 2.21.